The van der Waals surface area contributed by atoms with Gasteiger partial charge in [0.15, 0.2) is 0 Å². The minimum atomic E-state index is -2.70. The van der Waals surface area contributed by atoms with Crippen LogP contribution in [0.15, 0.2) is 79.0 Å². The van der Waals surface area contributed by atoms with Gasteiger partial charge < -0.3 is 20.7 Å². The lowest BCUT2D eigenvalue weighted by atomic mass is 9.83. The lowest BCUT2D eigenvalue weighted by molar-refractivity contribution is -0.131. The molecule has 0 spiro atoms. The Labute approximate surface area is 228 Å². The predicted octanol–water partition coefficient (Wildman–Crippen LogP) is 7.25. The second-order valence-electron chi connectivity index (χ2n) is 10.1. The highest BCUT2D eigenvalue weighted by molar-refractivity contribution is 6.08. The van der Waals surface area contributed by atoms with Gasteiger partial charge in [0.25, 0.3) is 0 Å². The van der Waals surface area contributed by atoms with E-state index < -0.39 is 12.5 Å². The van der Waals surface area contributed by atoms with E-state index in [9.17, 15) is 13.6 Å². The van der Waals surface area contributed by atoms with Crippen molar-refractivity contribution in [3.63, 3.8) is 0 Å². The van der Waals surface area contributed by atoms with Crippen molar-refractivity contribution in [1.29, 1.82) is 5.41 Å². The minimum absolute atomic E-state index is 0.119. The van der Waals surface area contributed by atoms with Crippen molar-refractivity contribution in [2.45, 2.75) is 51.7 Å². The highest BCUT2D eigenvalue weighted by atomic mass is 19.3. The van der Waals surface area contributed by atoms with E-state index >= 15 is 0 Å². The van der Waals surface area contributed by atoms with Gasteiger partial charge in [-0.15, -0.1) is 0 Å². The minimum Gasteiger partial charge on any atom is -0.478 e. The molecule has 202 valence electrons. The summed E-state index contributed by atoms with van der Waals surface area (Å²) in [6, 6.07) is 22.4. The van der Waals surface area contributed by atoms with Crippen LogP contribution in [0.1, 0.15) is 66.1 Å². The zero-order chi connectivity index (χ0) is 28.1. The summed E-state index contributed by atoms with van der Waals surface area (Å²) in [5, 5.41) is 18.7. The number of carboxylic acid groups (broad SMARTS) is 1. The lowest BCUT2D eigenvalue weighted by Crippen LogP contribution is -2.43. The number of nitrogens with one attached hydrogen (secondary N) is 2. The largest absolute Gasteiger partial charge is 0.478 e. The first-order valence-corrected chi connectivity index (χ1v) is 12.9. The Morgan fingerprint density at radius 3 is 2.36 bits per heavy atom. The third kappa shape index (κ3) is 6.42. The summed E-state index contributed by atoms with van der Waals surface area (Å²) in [6.07, 6.45) is 5.69. The Morgan fingerprint density at radius 1 is 1.08 bits per heavy atom. The number of nitrogens with zero attached hydrogens (tertiary/aromatic N) is 1. The predicted molar refractivity (Wildman–Crippen MR) is 153 cm³/mol. The molecule has 3 aromatic carbocycles. The van der Waals surface area contributed by atoms with E-state index in [1.807, 2.05) is 47.8 Å². The molecular formula is C32H33F2N3O2. The molecule has 0 saturated heterocycles. The fourth-order valence-electron chi connectivity index (χ4n) is 5.14. The molecule has 0 saturated carbocycles. The van der Waals surface area contributed by atoms with Crippen molar-refractivity contribution in [3.8, 4) is 0 Å². The summed E-state index contributed by atoms with van der Waals surface area (Å²) in [5.74, 6) is -0.571. The standard InChI is InChI=1S/C32H33F2N3O2/c1-20(2)23-9-12-28(13-10-23)37-21(3)16-26-17-25(27(18-35)19-36-32(33)34)11-14-29(26)31(37)24-7-4-22(5-8-24)6-15-30(38)39/h4-15,17-21,31-32,35-36H,16H2,1-3H3,(H,38,39)/b15-6+,27-19+,35-18?. The quantitative estimate of drug-likeness (QED) is 0.155. The lowest BCUT2D eigenvalue weighted by Gasteiger charge is -2.44. The van der Waals surface area contributed by atoms with Crippen LogP contribution in [0.5, 0.6) is 0 Å². The fraction of sp³-hybridized carbons (Fsp3) is 0.250. The van der Waals surface area contributed by atoms with E-state index in [2.05, 4.69) is 49.9 Å². The molecule has 2 atom stereocenters. The number of benzene rings is 3. The second kappa shape index (κ2) is 12.1. The fourth-order valence-corrected chi connectivity index (χ4v) is 5.14. The number of carboxylic acids is 1. The third-order valence-electron chi connectivity index (χ3n) is 7.09. The first kappa shape index (κ1) is 27.8. The number of alkyl halides is 2. The van der Waals surface area contributed by atoms with E-state index in [1.165, 1.54) is 11.8 Å². The molecule has 0 aliphatic carbocycles. The maximum absolute atomic E-state index is 12.7. The molecular weight excluding hydrogens is 496 g/mol. The Hall–Kier alpha value is -4.26. The summed E-state index contributed by atoms with van der Waals surface area (Å²) in [6.45, 7) is 3.81. The number of fused-ring (bicyclic) bond motifs is 1. The van der Waals surface area contributed by atoms with Crippen LogP contribution in [-0.4, -0.2) is 29.9 Å². The number of hydrogen-bond donors (Lipinski definition) is 3. The zero-order valence-corrected chi connectivity index (χ0v) is 22.2. The van der Waals surface area contributed by atoms with Gasteiger partial charge >= 0.3 is 12.5 Å². The third-order valence-corrected chi connectivity index (χ3v) is 7.09. The molecule has 0 amide bonds. The van der Waals surface area contributed by atoms with Crippen LogP contribution in [0.2, 0.25) is 0 Å². The molecule has 39 heavy (non-hydrogen) atoms. The van der Waals surface area contributed by atoms with E-state index in [0.29, 0.717) is 17.1 Å². The Kier molecular flexibility index (Phi) is 8.59. The van der Waals surface area contributed by atoms with Crippen molar-refractivity contribution in [1.82, 2.24) is 5.32 Å². The van der Waals surface area contributed by atoms with Gasteiger partial charge in [0.05, 0.1) is 6.04 Å². The van der Waals surface area contributed by atoms with Crippen molar-refractivity contribution in [2.75, 3.05) is 4.90 Å². The normalized spacial score (nSPS) is 17.5. The molecule has 0 radical (unpaired) electrons. The highest BCUT2D eigenvalue weighted by Crippen LogP contribution is 2.42. The van der Waals surface area contributed by atoms with Crippen molar-refractivity contribution in [3.05, 3.63) is 112 Å². The van der Waals surface area contributed by atoms with Crippen LogP contribution in [0.25, 0.3) is 11.6 Å². The summed E-state index contributed by atoms with van der Waals surface area (Å²) >= 11 is 0. The van der Waals surface area contributed by atoms with Crippen molar-refractivity contribution in [2.24, 2.45) is 0 Å². The Morgan fingerprint density at radius 2 is 1.77 bits per heavy atom. The summed E-state index contributed by atoms with van der Waals surface area (Å²) < 4.78 is 25.5. The summed E-state index contributed by atoms with van der Waals surface area (Å²) in [7, 11) is 0. The molecule has 2 unspecified atom stereocenters. The van der Waals surface area contributed by atoms with E-state index in [4.69, 9.17) is 10.5 Å². The first-order valence-electron chi connectivity index (χ1n) is 12.9. The second-order valence-corrected chi connectivity index (χ2v) is 10.1. The van der Waals surface area contributed by atoms with Gasteiger partial charge in [-0.05, 0) is 70.9 Å². The van der Waals surface area contributed by atoms with Gasteiger partial charge in [0.2, 0.25) is 0 Å². The van der Waals surface area contributed by atoms with Crippen molar-refractivity contribution < 1.29 is 18.7 Å². The molecule has 4 rings (SSSR count). The average molecular weight is 530 g/mol. The molecule has 7 heteroatoms. The van der Waals surface area contributed by atoms with Crippen molar-refractivity contribution >= 4 is 29.5 Å². The summed E-state index contributed by atoms with van der Waals surface area (Å²) in [5.41, 5.74) is 7.49. The van der Waals surface area contributed by atoms with Gasteiger partial charge in [0.1, 0.15) is 0 Å². The first-order chi connectivity index (χ1) is 18.7. The summed E-state index contributed by atoms with van der Waals surface area (Å²) in [4.78, 5) is 13.3. The molecule has 1 aliphatic heterocycles. The van der Waals surface area contributed by atoms with Gasteiger partial charge in [0, 0.05) is 35.8 Å². The number of aliphatic carboxylic acids is 1. The molecule has 3 N–H and O–H groups in total. The number of rotatable bonds is 9. The SMILES string of the molecule is CC(C)c1ccc(N2C(C)Cc3cc(/C(C=N)=C/NC(F)F)ccc3C2c2ccc(/C=C/C(=O)O)cc2)cc1. The van der Waals surface area contributed by atoms with E-state index in [0.717, 1.165) is 46.7 Å². The molecule has 5 nitrogen and oxygen atoms in total. The number of hydrogen-bond acceptors (Lipinski definition) is 4. The number of carbonyl (C=O) groups is 1. The average Bonchev–Trinajstić information content (AvgIpc) is 2.91. The van der Waals surface area contributed by atoms with Gasteiger partial charge in [-0.3, -0.25) is 0 Å². The number of halogens is 2. The zero-order valence-electron chi connectivity index (χ0n) is 22.2. The smallest absolute Gasteiger partial charge is 0.328 e. The van der Waals surface area contributed by atoms with Crippen LogP contribution in [0.4, 0.5) is 14.5 Å². The Balaban J connectivity index is 1.80. The van der Waals surface area contributed by atoms with E-state index in [-0.39, 0.29) is 12.1 Å². The maximum Gasteiger partial charge on any atom is 0.328 e. The van der Waals surface area contributed by atoms with Gasteiger partial charge in [-0.25, -0.2) is 4.79 Å². The maximum atomic E-state index is 12.7. The highest BCUT2D eigenvalue weighted by Gasteiger charge is 2.33. The van der Waals surface area contributed by atoms with Crippen LogP contribution in [0, 0.1) is 5.41 Å². The molecule has 3 aromatic rings. The van der Waals surface area contributed by atoms with Gasteiger partial charge in [-0.2, -0.15) is 8.78 Å². The topological polar surface area (TPSA) is 76.4 Å². The molecule has 0 fully saturated rings. The monoisotopic (exact) mass is 529 g/mol. The van der Waals surface area contributed by atoms with Crippen LogP contribution < -0.4 is 10.2 Å². The molecule has 1 heterocycles. The van der Waals surface area contributed by atoms with Crippen LogP contribution >= 0.6 is 0 Å². The van der Waals surface area contributed by atoms with Crippen LogP contribution in [0.3, 0.4) is 0 Å². The molecule has 0 bridgehead atoms. The van der Waals surface area contributed by atoms with E-state index in [1.54, 1.807) is 6.08 Å². The number of anilines is 1. The number of allylic oxidation sites excluding steroid dienone is 1. The van der Waals surface area contributed by atoms with Gasteiger partial charge in [-0.1, -0.05) is 68.4 Å². The molecule has 1 aliphatic rings. The van der Waals surface area contributed by atoms with Crippen LogP contribution in [-0.2, 0) is 11.2 Å². The molecule has 0 aromatic heterocycles. The Bertz CT molecular complexity index is 1380.